The Bertz CT molecular complexity index is 887. The Morgan fingerprint density at radius 2 is 1.96 bits per heavy atom. The van der Waals surface area contributed by atoms with Gasteiger partial charge in [-0.25, -0.2) is 0 Å². The van der Waals surface area contributed by atoms with Crippen molar-refractivity contribution in [3.8, 4) is 17.5 Å². The molecule has 7 heteroatoms. The Kier molecular flexibility index (Phi) is 3.73. The maximum atomic E-state index is 12.5. The van der Waals surface area contributed by atoms with Crippen molar-refractivity contribution in [3.63, 3.8) is 0 Å². The molecule has 2 heterocycles. The lowest BCUT2D eigenvalue weighted by molar-refractivity contribution is 0.0975. The van der Waals surface area contributed by atoms with Crippen molar-refractivity contribution >= 4 is 5.78 Å². The molecule has 3 rings (SSSR count). The lowest BCUT2D eigenvalue weighted by Crippen LogP contribution is -2.15. The summed E-state index contributed by atoms with van der Waals surface area (Å²) in [6.45, 7) is 0. The molecule has 114 valence electrons. The zero-order valence-corrected chi connectivity index (χ0v) is 12.7. The molecule has 0 bridgehead atoms. The number of hydrogen-bond acceptors (Lipinski definition) is 5. The second kappa shape index (κ2) is 5.85. The van der Waals surface area contributed by atoms with Crippen molar-refractivity contribution in [2.45, 2.75) is 5.92 Å². The second-order valence-electron chi connectivity index (χ2n) is 5.14. The van der Waals surface area contributed by atoms with Gasteiger partial charge in [0.25, 0.3) is 0 Å². The lowest BCUT2D eigenvalue weighted by atomic mass is 10.0. The summed E-state index contributed by atoms with van der Waals surface area (Å²) in [5.41, 5.74) is 1.25. The lowest BCUT2D eigenvalue weighted by Gasteiger charge is -2.07. The monoisotopic (exact) mass is 306 g/mol. The standard InChI is InChI=1S/C16H14N6O/c1-21-10-12(9-18-21)14(23)13(8-17)16-20-19-15(22(16)2)11-6-4-3-5-7-11/h3-7,9-10,13H,1-2H3. The van der Waals surface area contributed by atoms with Crippen molar-refractivity contribution in [2.24, 2.45) is 14.1 Å². The molecule has 0 N–H and O–H groups in total. The third kappa shape index (κ3) is 2.62. The maximum absolute atomic E-state index is 12.5. The van der Waals surface area contributed by atoms with E-state index < -0.39 is 5.92 Å². The summed E-state index contributed by atoms with van der Waals surface area (Å²) in [6, 6.07) is 11.5. The molecule has 2 aromatic heterocycles. The number of nitriles is 1. The predicted octanol–water partition coefficient (Wildman–Crippen LogP) is 1.71. The highest BCUT2D eigenvalue weighted by Crippen LogP contribution is 2.23. The van der Waals surface area contributed by atoms with Crippen LogP contribution in [0.3, 0.4) is 0 Å². The summed E-state index contributed by atoms with van der Waals surface area (Å²) >= 11 is 0. The van der Waals surface area contributed by atoms with Crippen LogP contribution >= 0.6 is 0 Å². The first-order valence-corrected chi connectivity index (χ1v) is 6.99. The molecule has 0 spiro atoms. The van der Waals surface area contributed by atoms with Crippen LogP contribution in [0.5, 0.6) is 0 Å². The van der Waals surface area contributed by atoms with E-state index in [0.717, 1.165) is 5.56 Å². The van der Waals surface area contributed by atoms with Gasteiger partial charge < -0.3 is 4.57 Å². The SMILES string of the molecule is Cn1cc(C(=O)C(C#N)c2nnc(-c3ccccc3)n2C)cn1. The van der Waals surface area contributed by atoms with Crippen molar-refractivity contribution < 1.29 is 4.79 Å². The minimum atomic E-state index is -1.02. The molecule has 1 unspecified atom stereocenters. The molecule has 0 radical (unpaired) electrons. The van der Waals surface area contributed by atoms with Gasteiger partial charge in [-0.2, -0.15) is 10.4 Å². The van der Waals surface area contributed by atoms with Crippen molar-refractivity contribution in [2.75, 3.05) is 0 Å². The van der Waals surface area contributed by atoms with E-state index >= 15 is 0 Å². The normalized spacial score (nSPS) is 11.9. The minimum absolute atomic E-state index is 0.320. The summed E-state index contributed by atoms with van der Waals surface area (Å²) in [7, 11) is 3.46. The van der Waals surface area contributed by atoms with Gasteiger partial charge in [0.2, 0.25) is 0 Å². The van der Waals surface area contributed by atoms with Crippen LogP contribution in [0, 0.1) is 11.3 Å². The Hall–Kier alpha value is -3.27. The number of nitrogens with zero attached hydrogens (tertiary/aromatic N) is 6. The van der Waals surface area contributed by atoms with E-state index in [-0.39, 0.29) is 5.78 Å². The molecule has 0 aliphatic carbocycles. The van der Waals surface area contributed by atoms with Crippen LogP contribution in [-0.2, 0) is 14.1 Å². The summed E-state index contributed by atoms with van der Waals surface area (Å²) in [4.78, 5) is 12.5. The van der Waals surface area contributed by atoms with Crippen LogP contribution < -0.4 is 0 Å². The molecule has 0 fully saturated rings. The first-order valence-electron chi connectivity index (χ1n) is 6.99. The largest absolute Gasteiger partial charge is 0.313 e. The average molecular weight is 306 g/mol. The number of aryl methyl sites for hydroxylation is 1. The summed E-state index contributed by atoms with van der Waals surface area (Å²) in [5.74, 6) is -0.426. The van der Waals surface area contributed by atoms with Gasteiger partial charge in [-0.1, -0.05) is 30.3 Å². The van der Waals surface area contributed by atoms with E-state index in [4.69, 9.17) is 0 Å². The Labute approximate surface area is 132 Å². The van der Waals surface area contributed by atoms with E-state index in [9.17, 15) is 10.1 Å². The molecule has 0 saturated heterocycles. The molecule has 0 saturated carbocycles. The smallest absolute Gasteiger partial charge is 0.190 e. The highest BCUT2D eigenvalue weighted by atomic mass is 16.1. The summed E-state index contributed by atoms with van der Waals surface area (Å²) in [5, 5.41) is 21.6. The van der Waals surface area contributed by atoms with E-state index in [2.05, 4.69) is 15.3 Å². The van der Waals surface area contributed by atoms with Gasteiger partial charge in [-0.3, -0.25) is 9.48 Å². The molecule has 3 aromatic rings. The molecule has 0 amide bonds. The predicted molar refractivity (Wildman–Crippen MR) is 82.3 cm³/mol. The third-order valence-electron chi connectivity index (χ3n) is 3.58. The number of hydrogen-bond donors (Lipinski definition) is 0. The van der Waals surface area contributed by atoms with Gasteiger partial charge in [-0.15, -0.1) is 10.2 Å². The van der Waals surface area contributed by atoms with Crippen LogP contribution in [0.4, 0.5) is 0 Å². The molecular weight excluding hydrogens is 292 g/mol. The number of rotatable bonds is 4. The minimum Gasteiger partial charge on any atom is -0.313 e. The zero-order chi connectivity index (χ0) is 16.4. The molecule has 0 aliphatic rings. The number of Topliss-reactive ketones (excluding diaryl/α,β-unsaturated/α-hetero) is 1. The maximum Gasteiger partial charge on any atom is 0.190 e. The van der Waals surface area contributed by atoms with E-state index in [1.54, 1.807) is 24.9 Å². The molecule has 1 atom stereocenters. The number of benzene rings is 1. The summed E-state index contributed by atoms with van der Waals surface area (Å²) in [6.07, 6.45) is 3.03. The Morgan fingerprint density at radius 1 is 1.22 bits per heavy atom. The van der Waals surface area contributed by atoms with E-state index in [1.807, 2.05) is 36.4 Å². The first-order chi connectivity index (χ1) is 11.1. The number of ketones is 1. The van der Waals surface area contributed by atoms with E-state index in [0.29, 0.717) is 17.2 Å². The van der Waals surface area contributed by atoms with Crippen LogP contribution in [0.1, 0.15) is 22.1 Å². The third-order valence-corrected chi connectivity index (χ3v) is 3.58. The first kappa shape index (κ1) is 14.7. The van der Waals surface area contributed by atoms with Gasteiger partial charge in [0.05, 0.1) is 17.8 Å². The van der Waals surface area contributed by atoms with Crippen LogP contribution in [0.25, 0.3) is 11.4 Å². The zero-order valence-electron chi connectivity index (χ0n) is 12.7. The molecular formula is C16H14N6O. The van der Waals surface area contributed by atoms with Crippen LogP contribution in [0.2, 0.25) is 0 Å². The molecule has 23 heavy (non-hydrogen) atoms. The topological polar surface area (TPSA) is 89.4 Å². The molecule has 1 aromatic carbocycles. The highest BCUT2D eigenvalue weighted by molar-refractivity contribution is 6.02. The fraction of sp³-hybridized carbons (Fsp3) is 0.188. The van der Waals surface area contributed by atoms with Crippen molar-refractivity contribution in [1.29, 1.82) is 5.26 Å². The van der Waals surface area contributed by atoms with Gasteiger partial charge in [0, 0.05) is 25.9 Å². The van der Waals surface area contributed by atoms with Crippen LogP contribution in [0.15, 0.2) is 42.7 Å². The number of carbonyl (C=O) groups excluding carboxylic acids is 1. The van der Waals surface area contributed by atoms with Gasteiger partial charge >= 0.3 is 0 Å². The van der Waals surface area contributed by atoms with E-state index in [1.165, 1.54) is 10.9 Å². The fourth-order valence-corrected chi connectivity index (χ4v) is 2.38. The van der Waals surface area contributed by atoms with Crippen LogP contribution in [-0.4, -0.2) is 30.3 Å². The van der Waals surface area contributed by atoms with Gasteiger partial charge in [-0.05, 0) is 0 Å². The second-order valence-corrected chi connectivity index (χ2v) is 5.14. The molecule has 7 nitrogen and oxygen atoms in total. The highest BCUT2D eigenvalue weighted by Gasteiger charge is 2.28. The van der Waals surface area contributed by atoms with Gasteiger partial charge in [0.1, 0.15) is 0 Å². The number of aromatic nitrogens is 5. The summed E-state index contributed by atoms with van der Waals surface area (Å²) < 4.78 is 3.20. The quantitative estimate of drug-likeness (QED) is 0.684. The van der Waals surface area contributed by atoms with Gasteiger partial charge in [0.15, 0.2) is 23.3 Å². The Morgan fingerprint density at radius 3 is 2.57 bits per heavy atom. The van der Waals surface area contributed by atoms with Crippen molar-refractivity contribution in [3.05, 3.63) is 54.1 Å². The van der Waals surface area contributed by atoms with Crippen molar-refractivity contribution in [1.82, 2.24) is 24.5 Å². The fourth-order valence-electron chi connectivity index (χ4n) is 2.38. The molecule has 0 aliphatic heterocycles. The average Bonchev–Trinajstić information content (AvgIpc) is 3.16. The Balaban J connectivity index is 1.99. The number of carbonyl (C=O) groups is 1.